The highest BCUT2D eigenvalue weighted by Crippen LogP contribution is 2.24. The Morgan fingerprint density at radius 3 is 2.71 bits per heavy atom. The fourth-order valence-electron chi connectivity index (χ4n) is 1.26. The number of nitro benzene ring substituents is 1. The molecular formula is C10H13N3O4. The number of ether oxygens (including phenoxy) is 1. The van der Waals surface area contributed by atoms with Crippen LogP contribution in [0.15, 0.2) is 18.2 Å². The summed E-state index contributed by atoms with van der Waals surface area (Å²) in [4.78, 5) is 21.1. The van der Waals surface area contributed by atoms with Crippen LogP contribution in [0.4, 0.5) is 17.1 Å². The monoisotopic (exact) mass is 239 g/mol. The van der Waals surface area contributed by atoms with E-state index in [1.54, 1.807) is 6.92 Å². The standard InChI is InChI=1S/C10H13N3O4/c1-6(10(14)17-2)12-9-4-3-7(13(15)16)5-8(9)11/h3-6,12H,11H2,1-2H3. The Kier molecular flexibility index (Phi) is 3.86. The zero-order chi connectivity index (χ0) is 13.0. The van der Waals surface area contributed by atoms with Crippen molar-refractivity contribution in [3.8, 4) is 0 Å². The number of non-ortho nitro benzene ring substituents is 1. The molecule has 1 atom stereocenters. The van der Waals surface area contributed by atoms with Gasteiger partial charge >= 0.3 is 5.97 Å². The van der Waals surface area contributed by atoms with Crippen molar-refractivity contribution in [1.29, 1.82) is 0 Å². The molecular weight excluding hydrogens is 226 g/mol. The molecule has 0 heterocycles. The normalized spacial score (nSPS) is 11.6. The van der Waals surface area contributed by atoms with E-state index in [1.807, 2.05) is 0 Å². The number of nitrogen functional groups attached to an aromatic ring is 1. The summed E-state index contributed by atoms with van der Waals surface area (Å²) in [6.45, 7) is 1.60. The fraction of sp³-hybridized carbons (Fsp3) is 0.300. The van der Waals surface area contributed by atoms with Crippen LogP contribution in [0.2, 0.25) is 0 Å². The summed E-state index contributed by atoms with van der Waals surface area (Å²) in [5.74, 6) is -0.442. The number of methoxy groups -OCH3 is 1. The van der Waals surface area contributed by atoms with Crippen LogP contribution < -0.4 is 11.1 Å². The SMILES string of the molecule is COC(=O)C(C)Nc1ccc([N+](=O)[O-])cc1N. The molecule has 0 radical (unpaired) electrons. The van der Waals surface area contributed by atoms with Crippen LogP contribution in [0.3, 0.4) is 0 Å². The third-order valence-corrected chi connectivity index (χ3v) is 2.17. The van der Waals surface area contributed by atoms with Gasteiger partial charge in [0.25, 0.3) is 5.69 Å². The summed E-state index contributed by atoms with van der Waals surface area (Å²) in [5.41, 5.74) is 6.19. The molecule has 1 rings (SSSR count). The molecule has 0 aliphatic heterocycles. The number of benzene rings is 1. The average molecular weight is 239 g/mol. The number of nitrogens with one attached hydrogen (secondary N) is 1. The van der Waals surface area contributed by atoms with Gasteiger partial charge in [0, 0.05) is 12.1 Å². The molecule has 17 heavy (non-hydrogen) atoms. The highest BCUT2D eigenvalue weighted by atomic mass is 16.6. The molecule has 7 heteroatoms. The van der Waals surface area contributed by atoms with Gasteiger partial charge in [-0.25, -0.2) is 4.79 Å². The molecule has 0 aromatic heterocycles. The second-order valence-corrected chi connectivity index (χ2v) is 3.42. The van der Waals surface area contributed by atoms with Crippen molar-refractivity contribution in [2.75, 3.05) is 18.2 Å². The van der Waals surface area contributed by atoms with E-state index in [0.717, 1.165) is 0 Å². The lowest BCUT2D eigenvalue weighted by Crippen LogP contribution is -2.27. The van der Waals surface area contributed by atoms with Gasteiger partial charge in [-0.15, -0.1) is 0 Å². The van der Waals surface area contributed by atoms with E-state index in [0.29, 0.717) is 5.69 Å². The number of hydrogen-bond acceptors (Lipinski definition) is 6. The minimum absolute atomic E-state index is 0.0984. The van der Waals surface area contributed by atoms with Crippen molar-refractivity contribution >= 4 is 23.0 Å². The highest BCUT2D eigenvalue weighted by Gasteiger charge is 2.15. The van der Waals surface area contributed by atoms with Crippen LogP contribution >= 0.6 is 0 Å². The molecule has 0 aliphatic rings. The Morgan fingerprint density at radius 2 is 2.24 bits per heavy atom. The van der Waals surface area contributed by atoms with Gasteiger partial charge in [0.15, 0.2) is 0 Å². The molecule has 92 valence electrons. The first-order valence-corrected chi connectivity index (χ1v) is 4.84. The van der Waals surface area contributed by atoms with E-state index in [9.17, 15) is 14.9 Å². The molecule has 0 bridgehead atoms. The number of rotatable bonds is 4. The number of carbonyl (C=O) groups is 1. The largest absolute Gasteiger partial charge is 0.467 e. The van der Waals surface area contributed by atoms with Gasteiger partial charge in [-0.1, -0.05) is 0 Å². The first kappa shape index (κ1) is 12.8. The molecule has 1 aromatic rings. The van der Waals surface area contributed by atoms with Crippen molar-refractivity contribution in [2.45, 2.75) is 13.0 Å². The predicted molar refractivity (Wildman–Crippen MR) is 62.6 cm³/mol. The third kappa shape index (κ3) is 3.07. The molecule has 0 spiro atoms. The first-order chi connectivity index (χ1) is 7.95. The second-order valence-electron chi connectivity index (χ2n) is 3.42. The van der Waals surface area contributed by atoms with E-state index < -0.39 is 16.9 Å². The van der Waals surface area contributed by atoms with Gasteiger partial charge in [-0.2, -0.15) is 0 Å². The minimum Gasteiger partial charge on any atom is -0.467 e. The minimum atomic E-state index is -0.580. The summed E-state index contributed by atoms with van der Waals surface area (Å²) >= 11 is 0. The maximum Gasteiger partial charge on any atom is 0.327 e. The zero-order valence-corrected chi connectivity index (χ0v) is 9.47. The highest BCUT2D eigenvalue weighted by molar-refractivity contribution is 5.81. The molecule has 1 unspecified atom stereocenters. The molecule has 0 aliphatic carbocycles. The summed E-state index contributed by atoms with van der Waals surface area (Å²) in [6.07, 6.45) is 0. The van der Waals surface area contributed by atoms with E-state index >= 15 is 0 Å². The van der Waals surface area contributed by atoms with Crippen LogP contribution in [0.5, 0.6) is 0 Å². The smallest absolute Gasteiger partial charge is 0.327 e. The molecule has 7 nitrogen and oxygen atoms in total. The Hall–Kier alpha value is -2.31. The molecule has 3 N–H and O–H groups in total. The fourth-order valence-corrected chi connectivity index (χ4v) is 1.26. The van der Waals surface area contributed by atoms with Gasteiger partial charge in [-0.3, -0.25) is 10.1 Å². The summed E-state index contributed by atoms with van der Waals surface area (Å²) in [5, 5.41) is 13.3. The topological polar surface area (TPSA) is 107 Å². The van der Waals surface area contributed by atoms with Crippen molar-refractivity contribution in [1.82, 2.24) is 0 Å². The lowest BCUT2D eigenvalue weighted by molar-refractivity contribution is -0.384. The van der Waals surface area contributed by atoms with Crippen molar-refractivity contribution in [2.24, 2.45) is 0 Å². The lowest BCUT2D eigenvalue weighted by Gasteiger charge is -2.14. The van der Waals surface area contributed by atoms with Crippen molar-refractivity contribution < 1.29 is 14.5 Å². The van der Waals surface area contributed by atoms with Gasteiger partial charge < -0.3 is 15.8 Å². The maximum atomic E-state index is 11.2. The van der Waals surface area contributed by atoms with E-state index in [-0.39, 0.29) is 11.4 Å². The van der Waals surface area contributed by atoms with Crippen molar-refractivity contribution in [3.63, 3.8) is 0 Å². The number of esters is 1. The Morgan fingerprint density at radius 1 is 1.59 bits per heavy atom. The summed E-state index contributed by atoms with van der Waals surface area (Å²) in [7, 11) is 1.28. The van der Waals surface area contributed by atoms with Crippen LogP contribution in [-0.2, 0) is 9.53 Å². The molecule has 0 fully saturated rings. The maximum absolute atomic E-state index is 11.2. The second kappa shape index (κ2) is 5.15. The zero-order valence-electron chi connectivity index (χ0n) is 9.47. The Bertz CT molecular complexity index is 447. The van der Waals surface area contributed by atoms with E-state index in [1.165, 1.54) is 25.3 Å². The van der Waals surface area contributed by atoms with Gasteiger partial charge in [-0.05, 0) is 13.0 Å². The van der Waals surface area contributed by atoms with E-state index in [2.05, 4.69) is 10.1 Å². The number of carbonyl (C=O) groups excluding carboxylic acids is 1. The summed E-state index contributed by atoms with van der Waals surface area (Å²) < 4.78 is 4.54. The average Bonchev–Trinajstić information content (AvgIpc) is 2.30. The van der Waals surface area contributed by atoms with Crippen LogP contribution in [0.1, 0.15) is 6.92 Å². The van der Waals surface area contributed by atoms with Gasteiger partial charge in [0.2, 0.25) is 0 Å². The van der Waals surface area contributed by atoms with E-state index in [4.69, 9.17) is 5.73 Å². The van der Waals surface area contributed by atoms with Crippen molar-refractivity contribution in [3.05, 3.63) is 28.3 Å². The quantitative estimate of drug-likeness (QED) is 0.353. The number of anilines is 2. The predicted octanol–water partition coefficient (Wildman–Crippen LogP) is 1.15. The molecule has 0 saturated carbocycles. The first-order valence-electron chi connectivity index (χ1n) is 4.84. The Labute approximate surface area is 97.7 Å². The molecule has 0 saturated heterocycles. The Balaban J connectivity index is 2.86. The van der Waals surface area contributed by atoms with Crippen LogP contribution in [0, 0.1) is 10.1 Å². The number of nitro groups is 1. The summed E-state index contributed by atoms with van der Waals surface area (Å²) in [6, 6.07) is 3.41. The number of nitrogens with two attached hydrogens (primary N) is 1. The lowest BCUT2D eigenvalue weighted by atomic mass is 10.2. The number of hydrogen-bond donors (Lipinski definition) is 2. The van der Waals surface area contributed by atoms with Crippen LogP contribution in [-0.4, -0.2) is 24.0 Å². The van der Waals surface area contributed by atoms with Gasteiger partial charge in [0.05, 0.1) is 23.4 Å². The molecule has 0 amide bonds. The number of nitrogens with zero attached hydrogens (tertiary/aromatic N) is 1. The third-order valence-electron chi connectivity index (χ3n) is 2.17. The van der Waals surface area contributed by atoms with Gasteiger partial charge in [0.1, 0.15) is 6.04 Å². The molecule has 1 aromatic carbocycles. The van der Waals surface area contributed by atoms with Crippen LogP contribution in [0.25, 0.3) is 0 Å².